The zero-order valence-corrected chi connectivity index (χ0v) is 14.8. The third-order valence-electron chi connectivity index (χ3n) is 4.07. The van der Waals surface area contributed by atoms with E-state index in [0.717, 1.165) is 0 Å². The van der Waals surface area contributed by atoms with Gasteiger partial charge in [0.2, 0.25) is 0 Å². The van der Waals surface area contributed by atoms with E-state index in [0.29, 0.717) is 34.7 Å². The van der Waals surface area contributed by atoms with Crippen molar-refractivity contribution in [2.75, 3.05) is 0 Å². The van der Waals surface area contributed by atoms with Crippen molar-refractivity contribution in [1.29, 1.82) is 0 Å². The first-order valence-corrected chi connectivity index (χ1v) is 8.51. The van der Waals surface area contributed by atoms with Crippen LogP contribution in [-0.2, 0) is 13.0 Å². The summed E-state index contributed by atoms with van der Waals surface area (Å²) in [6, 6.07) is 10.2. The number of alkyl halides is 3. The molecule has 1 aromatic carbocycles. The second kappa shape index (κ2) is 7.38. The fourth-order valence-electron chi connectivity index (χ4n) is 2.80. The predicted octanol–water partition coefficient (Wildman–Crippen LogP) is 3.59. The van der Waals surface area contributed by atoms with Gasteiger partial charge in [-0.2, -0.15) is 0 Å². The van der Waals surface area contributed by atoms with Gasteiger partial charge in [0.15, 0.2) is 11.2 Å². The molecule has 3 aromatic heterocycles. The van der Waals surface area contributed by atoms with Crippen LogP contribution in [0.15, 0.2) is 64.1 Å². The number of aryl methyl sites for hydroxylation is 2. The Morgan fingerprint density at radius 1 is 1.03 bits per heavy atom. The zero-order chi connectivity index (χ0) is 20.4. The van der Waals surface area contributed by atoms with Crippen molar-refractivity contribution in [2.24, 2.45) is 0 Å². The number of halogens is 3. The Balaban J connectivity index is 1.62. The molecule has 10 heteroatoms. The molecule has 0 radical (unpaired) electrons. The van der Waals surface area contributed by atoms with Gasteiger partial charge in [-0.15, -0.1) is 13.2 Å². The highest BCUT2D eigenvalue weighted by Crippen LogP contribution is 2.26. The van der Waals surface area contributed by atoms with E-state index in [1.165, 1.54) is 28.8 Å². The molecule has 3 heterocycles. The van der Waals surface area contributed by atoms with Crippen molar-refractivity contribution in [2.45, 2.75) is 19.3 Å². The molecule has 0 spiro atoms. The van der Waals surface area contributed by atoms with Crippen molar-refractivity contribution >= 4 is 11.2 Å². The average Bonchev–Trinajstić information content (AvgIpc) is 3.01. The minimum Gasteiger partial charge on any atom is -0.406 e. The van der Waals surface area contributed by atoms with Crippen LogP contribution in [0.1, 0.15) is 5.82 Å². The lowest BCUT2D eigenvalue weighted by atomic mass is 10.1. The second-order valence-corrected chi connectivity index (χ2v) is 6.03. The van der Waals surface area contributed by atoms with Crippen LogP contribution in [0.25, 0.3) is 22.5 Å². The molecule has 0 N–H and O–H groups in total. The molecule has 0 saturated carbocycles. The summed E-state index contributed by atoms with van der Waals surface area (Å²) in [5.41, 5.74) is 1.68. The number of ether oxygens (including phenoxy) is 1. The van der Waals surface area contributed by atoms with E-state index in [4.69, 9.17) is 4.42 Å². The van der Waals surface area contributed by atoms with Gasteiger partial charge in [0.05, 0.1) is 5.69 Å². The first-order valence-electron chi connectivity index (χ1n) is 8.51. The Morgan fingerprint density at radius 3 is 2.45 bits per heavy atom. The largest absolute Gasteiger partial charge is 0.573 e. The number of hydrogen-bond donors (Lipinski definition) is 0. The van der Waals surface area contributed by atoms with E-state index in [2.05, 4.69) is 19.7 Å². The third-order valence-corrected chi connectivity index (χ3v) is 4.07. The summed E-state index contributed by atoms with van der Waals surface area (Å²) in [5.74, 6) is -0.315. The molecule has 0 aliphatic carbocycles. The predicted molar refractivity (Wildman–Crippen MR) is 96.1 cm³/mol. The molecule has 0 amide bonds. The average molecular weight is 402 g/mol. The van der Waals surface area contributed by atoms with Crippen LogP contribution in [0, 0.1) is 0 Å². The summed E-state index contributed by atoms with van der Waals surface area (Å²) in [6.45, 7) is 0.269. The van der Waals surface area contributed by atoms with Crippen molar-refractivity contribution in [3.05, 3.63) is 71.2 Å². The van der Waals surface area contributed by atoms with Gasteiger partial charge in [0, 0.05) is 30.9 Å². The third kappa shape index (κ3) is 4.26. The van der Waals surface area contributed by atoms with Crippen molar-refractivity contribution in [3.63, 3.8) is 0 Å². The molecule has 0 unspecified atom stereocenters. The van der Waals surface area contributed by atoms with Crippen molar-refractivity contribution < 1.29 is 22.3 Å². The van der Waals surface area contributed by atoms with E-state index < -0.39 is 12.1 Å². The van der Waals surface area contributed by atoms with Gasteiger partial charge >= 0.3 is 12.1 Å². The number of hydrogen-bond acceptors (Lipinski definition) is 6. The number of oxazole rings is 1. The smallest absolute Gasteiger partial charge is 0.406 e. The van der Waals surface area contributed by atoms with E-state index in [-0.39, 0.29) is 12.3 Å². The Bertz CT molecular complexity index is 1190. The van der Waals surface area contributed by atoms with Gasteiger partial charge in [-0.25, -0.2) is 19.7 Å². The molecule has 0 saturated heterocycles. The molecule has 148 valence electrons. The number of nitrogens with zero attached hydrogens (tertiary/aromatic N) is 4. The van der Waals surface area contributed by atoms with Crippen LogP contribution in [0.2, 0.25) is 0 Å². The Labute approximate surface area is 161 Å². The Kier molecular flexibility index (Phi) is 4.75. The summed E-state index contributed by atoms with van der Waals surface area (Å²) >= 11 is 0. The van der Waals surface area contributed by atoms with Crippen LogP contribution in [0.5, 0.6) is 5.75 Å². The van der Waals surface area contributed by atoms with E-state index in [1.807, 2.05) is 0 Å². The summed E-state index contributed by atoms with van der Waals surface area (Å²) in [5, 5.41) is 0. The van der Waals surface area contributed by atoms with Gasteiger partial charge in [0.1, 0.15) is 11.6 Å². The number of pyridine rings is 1. The van der Waals surface area contributed by atoms with Crippen LogP contribution >= 0.6 is 0 Å². The molecule has 0 fully saturated rings. The van der Waals surface area contributed by atoms with Crippen LogP contribution in [0.3, 0.4) is 0 Å². The molecular formula is C19H13F3N4O3. The number of aromatic nitrogens is 4. The molecule has 29 heavy (non-hydrogen) atoms. The van der Waals surface area contributed by atoms with Gasteiger partial charge in [-0.1, -0.05) is 0 Å². The highest BCUT2D eigenvalue weighted by Gasteiger charge is 2.31. The maximum Gasteiger partial charge on any atom is 0.573 e. The molecule has 0 aliphatic heterocycles. The molecular weight excluding hydrogens is 389 g/mol. The Hall–Kier alpha value is -3.69. The lowest BCUT2D eigenvalue weighted by molar-refractivity contribution is -0.274. The monoisotopic (exact) mass is 402 g/mol. The first-order chi connectivity index (χ1) is 13.9. The van der Waals surface area contributed by atoms with Crippen LogP contribution < -0.4 is 10.5 Å². The number of fused-ring (bicyclic) bond motifs is 1. The maximum atomic E-state index is 12.3. The minimum atomic E-state index is -4.76. The van der Waals surface area contributed by atoms with Crippen LogP contribution in [-0.4, -0.2) is 25.9 Å². The van der Waals surface area contributed by atoms with Crippen molar-refractivity contribution in [3.8, 4) is 17.0 Å². The molecule has 4 rings (SSSR count). The molecule has 7 nitrogen and oxygen atoms in total. The second-order valence-electron chi connectivity index (χ2n) is 6.03. The first kappa shape index (κ1) is 18.7. The minimum absolute atomic E-state index is 0.269. The Morgan fingerprint density at radius 2 is 1.76 bits per heavy atom. The summed E-state index contributed by atoms with van der Waals surface area (Å²) in [4.78, 5) is 24.9. The van der Waals surface area contributed by atoms with Crippen molar-refractivity contribution in [1.82, 2.24) is 19.5 Å². The summed E-state index contributed by atoms with van der Waals surface area (Å²) in [6.07, 6.45) is -1.12. The highest BCUT2D eigenvalue weighted by atomic mass is 19.4. The zero-order valence-electron chi connectivity index (χ0n) is 14.8. The van der Waals surface area contributed by atoms with Gasteiger partial charge in [-0.3, -0.25) is 4.57 Å². The summed E-state index contributed by atoms with van der Waals surface area (Å²) in [7, 11) is 0. The molecule has 0 aliphatic rings. The topological polar surface area (TPSA) is 83.0 Å². The number of benzene rings is 1. The van der Waals surface area contributed by atoms with E-state index in [9.17, 15) is 18.0 Å². The molecule has 0 bridgehead atoms. The number of rotatable bonds is 5. The maximum absolute atomic E-state index is 12.3. The normalized spacial score (nSPS) is 11.7. The standard InChI is InChI=1S/C19H13F3N4O3/c20-19(21,22)29-13-4-2-12(3-5-13)14-6-7-15-17(25-14)26(18(27)28-15)11-8-16-23-9-1-10-24-16/h1-7,9-10H,8,11H2. The quantitative estimate of drug-likeness (QED) is 0.507. The lowest BCUT2D eigenvalue weighted by Crippen LogP contribution is -2.17. The molecule has 4 aromatic rings. The van der Waals surface area contributed by atoms with Gasteiger partial charge in [0.25, 0.3) is 0 Å². The van der Waals surface area contributed by atoms with Gasteiger partial charge in [-0.05, 0) is 42.5 Å². The van der Waals surface area contributed by atoms with Crippen LogP contribution in [0.4, 0.5) is 13.2 Å². The highest BCUT2D eigenvalue weighted by molar-refractivity contribution is 5.73. The lowest BCUT2D eigenvalue weighted by Gasteiger charge is -2.09. The molecule has 0 atom stereocenters. The SMILES string of the molecule is O=c1oc2ccc(-c3ccc(OC(F)(F)F)cc3)nc2n1CCc1ncccn1. The van der Waals surface area contributed by atoms with E-state index >= 15 is 0 Å². The van der Waals surface area contributed by atoms with E-state index in [1.54, 1.807) is 30.6 Å². The fraction of sp³-hybridized carbons (Fsp3) is 0.158. The van der Waals surface area contributed by atoms with Gasteiger partial charge < -0.3 is 9.15 Å². The fourth-order valence-corrected chi connectivity index (χ4v) is 2.80. The summed E-state index contributed by atoms with van der Waals surface area (Å²) < 4.78 is 47.3.